The van der Waals surface area contributed by atoms with E-state index in [9.17, 15) is 4.39 Å². The number of nitrogens with zero attached hydrogens (tertiary/aromatic N) is 1. The van der Waals surface area contributed by atoms with E-state index in [0.717, 1.165) is 22.6 Å². The summed E-state index contributed by atoms with van der Waals surface area (Å²) in [6.07, 6.45) is 0. The maximum absolute atomic E-state index is 13.5. The number of rotatable bonds is 5. The van der Waals surface area contributed by atoms with Crippen molar-refractivity contribution in [3.8, 4) is 5.75 Å². The third-order valence-corrected chi connectivity index (χ3v) is 3.77. The Hall–Kier alpha value is -2.07. The van der Waals surface area contributed by atoms with E-state index in [-0.39, 0.29) is 11.9 Å². The molecule has 2 N–H and O–H groups in total. The second-order valence-electron chi connectivity index (χ2n) is 5.06. The number of hydrogen-bond acceptors (Lipinski definition) is 3. The first-order valence-electron chi connectivity index (χ1n) is 6.89. The van der Waals surface area contributed by atoms with E-state index >= 15 is 0 Å². The maximum Gasteiger partial charge on any atom is 0.123 e. The molecule has 0 heterocycles. The van der Waals surface area contributed by atoms with Gasteiger partial charge >= 0.3 is 0 Å². The highest BCUT2D eigenvalue weighted by Gasteiger charge is 2.18. The molecule has 0 aromatic heterocycles. The Morgan fingerprint density at radius 2 is 1.86 bits per heavy atom. The number of anilines is 1. The van der Waals surface area contributed by atoms with Gasteiger partial charge in [0.05, 0.1) is 13.2 Å². The standard InChI is InChI=1S/C17H21FN2O/c1-12-4-5-13(18)10-16(12)17(11-19)20(2)14-6-8-15(21-3)9-7-14/h4-10,17H,11,19H2,1-3H3. The summed E-state index contributed by atoms with van der Waals surface area (Å²) in [6, 6.07) is 12.5. The number of nitrogens with two attached hydrogens (primary N) is 1. The Balaban J connectivity index is 2.33. The normalized spacial score (nSPS) is 12.0. The molecule has 1 unspecified atom stereocenters. The van der Waals surface area contributed by atoms with Gasteiger partial charge in [-0.1, -0.05) is 6.07 Å². The van der Waals surface area contributed by atoms with Gasteiger partial charge in [0.1, 0.15) is 11.6 Å². The fourth-order valence-electron chi connectivity index (χ4n) is 2.46. The molecule has 0 aliphatic carbocycles. The highest BCUT2D eigenvalue weighted by atomic mass is 19.1. The number of ether oxygens (including phenoxy) is 1. The van der Waals surface area contributed by atoms with Crippen molar-refractivity contribution >= 4 is 5.69 Å². The zero-order valence-corrected chi connectivity index (χ0v) is 12.6. The van der Waals surface area contributed by atoms with E-state index in [2.05, 4.69) is 4.90 Å². The quantitative estimate of drug-likeness (QED) is 0.917. The maximum atomic E-state index is 13.5. The molecular weight excluding hydrogens is 267 g/mol. The second kappa shape index (κ2) is 6.59. The SMILES string of the molecule is COc1ccc(N(C)C(CN)c2cc(F)ccc2C)cc1. The van der Waals surface area contributed by atoms with Crippen LogP contribution >= 0.6 is 0 Å². The molecule has 0 bridgehead atoms. The molecule has 0 spiro atoms. The summed E-state index contributed by atoms with van der Waals surface area (Å²) in [4.78, 5) is 2.06. The van der Waals surface area contributed by atoms with Crippen LogP contribution in [-0.4, -0.2) is 20.7 Å². The van der Waals surface area contributed by atoms with Crippen LogP contribution in [0.5, 0.6) is 5.75 Å². The lowest BCUT2D eigenvalue weighted by Gasteiger charge is -2.30. The van der Waals surface area contributed by atoms with Gasteiger partial charge in [0.25, 0.3) is 0 Å². The fourth-order valence-corrected chi connectivity index (χ4v) is 2.46. The smallest absolute Gasteiger partial charge is 0.123 e. The van der Waals surface area contributed by atoms with Gasteiger partial charge in [-0.05, 0) is 54.4 Å². The largest absolute Gasteiger partial charge is 0.497 e. The predicted octanol–water partition coefficient (Wildman–Crippen LogP) is 3.28. The third kappa shape index (κ3) is 3.34. The number of methoxy groups -OCH3 is 1. The molecule has 0 fully saturated rings. The lowest BCUT2D eigenvalue weighted by molar-refractivity contribution is 0.415. The van der Waals surface area contributed by atoms with Gasteiger partial charge in [-0.2, -0.15) is 0 Å². The Bertz CT molecular complexity index is 598. The Labute approximate surface area is 125 Å². The highest BCUT2D eigenvalue weighted by Crippen LogP contribution is 2.28. The Morgan fingerprint density at radius 3 is 2.43 bits per heavy atom. The van der Waals surface area contributed by atoms with Gasteiger partial charge < -0.3 is 15.4 Å². The Kier molecular flexibility index (Phi) is 4.81. The summed E-state index contributed by atoms with van der Waals surface area (Å²) in [5, 5.41) is 0. The molecule has 0 aliphatic rings. The average molecular weight is 288 g/mol. The third-order valence-electron chi connectivity index (χ3n) is 3.77. The topological polar surface area (TPSA) is 38.5 Å². The number of benzene rings is 2. The van der Waals surface area contributed by atoms with Crippen molar-refractivity contribution in [2.45, 2.75) is 13.0 Å². The number of likely N-dealkylation sites (N-methyl/N-ethyl adjacent to an activating group) is 1. The molecule has 0 saturated carbocycles. The first-order valence-corrected chi connectivity index (χ1v) is 6.89. The molecule has 112 valence electrons. The first kappa shape index (κ1) is 15.3. The lowest BCUT2D eigenvalue weighted by atomic mass is 9.99. The second-order valence-corrected chi connectivity index (χ2v) is 5.06. The minimum atomic E-state index is -0.239. The molecule has 0 amide bonds. The van der Waals surface area contributed by atoms with Crippen LogP contribution in [0.15, 0.2) is 42.5 Å². The van der Waals surface area contributed by atoms with Crippen molar-refractivity contribution in [1.29, 1.82) is 0 Å². The zero-order chi connectivity index (χ0) is 15.4. The van der Waals surface area contributed by atoms with Gasteiger partial charge in [0.15, 0.2) is 0 Å². The van der Waals surface area contributed by atoms with E-state index in [4.69, 9.17) is 10.5 Å². The van der Waals surface area contributed by atoms with Crippen LogP contribution in [0, 0.1) is 12.7 Å². The molecule has 2 aromatic rings. The van der Waals surface area contributed by atoms with Gasteiger partial charge in [0, 0.05) is 19.3 Å². The summed E-state index contributed by atoms with van der Waals surface area (Å²) in [5.41, 5.74) is 8.89. The van der Waals surface area contributed by atoms with Crippen LogP contribution in [0.25, 0.3) is 0 Å². The van der Waals surface area contributed by atoms with Crippen molar-refractivity contribution in [3.63, 3.8) is 0 Å². The summed E-state index contributed by atoms with van der Waals surface area (Å²) in [7, 11) is 3.60. The van der Waals surface area contributed by atoms with E-state index in [0.29, 0.717) is 6.54 Å². The first-order chi connectivity index (χ1) is 10.1. The lowest BCUT2D eigenvalue weighted by Crippen LogP contribution is -2.31. The minimum Gasteiger partial charge on any atom is -0.497 e. The number of aryl methyl sites for hydroxylation is 1. The minimum absolute atomic E-state index is 0.0749. The molecule has 0 saturated heterocycles. The number of halogens is 1. The van der Waals surface area contributed by atoms with Crippen molar-refractivity contribution in [1.82, 2.24) is 0 Å². The molecule has 2 aromatic carbocycles. The predicted molar refractivity (Wildman–Crippen MR) is 84.3 cm³/mol. The molecular formula is C17H21FN2O. The van der Waals surface area contributed by atoms with E-state index in [1.54, 1.807) is 19.2 Å². The van der Waals surface area contributed by atoms with Crippen molar-refractivity contribution in [2.24, 2.45) is 5.73 Å². The van der Waals surface area contributed by atoms with Crippen molar-refractivity contribution in [3.05, 3.63) is 59.4 Å². The van der Waals surface area contributed by atoms with Gasteiger partial charge in [-0.25, -0.2) is 4.39 Å². The molecule has 0 aliphatic heterocycles. The molecule has 0 radical (unpaired) electrons. The monoisotopic (exact) mass is 288 g/mol. The van der Waals surface area contributed by atoms with E-state index < -0.39 is 0 Å². The van der Waals surface area contributed by atoms with Gasteiger partial charge in [-0.3, -0.25) is 0 Å². The molecule has 3 nitrogen and oxygen atoms in total. The summed E-state index contributed by atoms with van der Waals surface area (Å²) in [5.74, 6) is 0.565. The van der Waals surface area contributed by atoms with Crippen LogP contribution in [0.1, 0.15) is 17.2 Å². The van der Waals surface area contributed by atoms with Crippen molar-refractivity contribution in [2.75, 3.05) is 25.6 Å². The van der Waals surface area contributed by atoms with Crippen LogP contribution in [0.3, 0.4) is 0 Å². The summed E-state index contributed by atoms with van der Waals surface area (Å²) >= 11 is 0. The van der Waals surface area contributed by atoms with Gasteiger partial charge in [-0.15, -0.1) is 0 Å². The molecule has 21 heavy (non-hydrogen) atoms. The van der Waals surface area contributed by atoms with Crippen LogP contribution in [0.2, 0.25) is 0 Å². The van der Waals surface area contributed by atoms with E-state index in [1.165, 1.54) is 6.07 Å². The molecule has 1 atom stereocenters. The molecule has 4 heteroatoms. The number of hydrogen-bond donors (Lipinski definition) is 1. The summed E-state index contributed by atoms with van der Waals surface area (Å²) in [6.45, 7) is 2.38. The van der Waals surface area contributed by atoms with Crippen LogP contribution in [-0.2, 0) is 0 Å². The van der Waals surface area contributed by atoms with Crippen LogP contribution in [0.4, 0.5) is 10.1 Å². The van der Waals surface area contributed by atoms with Crippen LogP contribution < -0.4 is 15.4 Å². The average Bonchev–Trinajstić information content (AvgIpc) is 2.51. The van der Waals surface area contributed by atoms with Crippen molar-refractivity contribution < 1.29 is 9.13 Å². The zero-order valence-electron chi connectivity index (χ0n) is 12.6. The van der Waals surface area contributed by atoms with E-state index in [1.807, 2.05) is 38.2 Å². The van der Waals surface area contributed by atoms with Gasteiger partial charge in [0.2, 0.25) is 0 Å². The summed E-state index contributed by atoms with van der Waals surface area (Å²) < 4.78 is 18.7. The fraction of sp³-hybridized carbons (Fsp3) is 0.294. The molecule has 2 rings (SSSR count). The Morgan fingerprint density at radius 1 is 1.19 bits per heavy atom. The highest BCUT2D eigenvalue weighted by molar-refractivity contribution is 5.51.